The highest BCUT2D eigenvalue weighted by atomic mass is 16.2. The van der Waals surface area contributed by atoms with Gasteiger partial charge in [0.1, 0.15) is 0 Å². The number of carbonyl (C=O) groups is 1. The molecule has 0 saturated carbocycles. The van der Waals surface area contributed by atoms with Crippen LogP contribution in [0.15, 0.2) is 36.5 Å². The van der Waals surface area contributed by atoms with E-state index < -0.39 is 0 Å². The first kappa shape index (κ1) is 13.5. The Balaban J connectivity index is 1.70. The summed E-state index contributed by atoms with van der Waals surface area (Å²) in [6.07, 6.45) is 1.79. The molecule has 1 fully saturated rings. The summed E-state index contributed by atoms with van der Waals surface area (Å²) in [5.74, 6) is 0. The summed E-state index contributed by atoms with van der Waals surface area (Å²) < 4.78 is 1.85. The molecule has 1 aromatic carbocycles. The fraction of sp³-hybridized carbons (Fsp3) is 0.333. The van der Waals surface area contributed by atoms with Gasteiger partial charge in [0.05, 0.1) is 12.2 Å². The predicted octanol–water partition coefficient (Wildman–Crippen LogP) is 1.56. The maximum Gasteiger partial charge on any atom is 0.317 e. The van der Waals surface area contributed by atoms with E-state index >= 15 is 0 Å². The molecule has 0 atom stereocenters. The van der Waals surface area contributed by atoms with Crippen LogP contribution in [-0.4, -0.2) is 33.8 Å². The van der Waals surface area contributed by atoms with Gasteiger partial charge in [0.25, 0.3) is 0 Å². The highest BCUT2D eigenvalue weighted by molar-refractivity contribution is 5.76. The summed E-state index contributed by atoms with van der Waals surface area (Å²) in [5, 5.41) is 10.4. The third-order valence-corrected chi connectivity index (χ3v) is 3.71. The Hall–Kier alpha value is -2.50. The fourth-order valence-corrected chi connectivity index (χ4v) is 2.46. The van der Waals surface area contributed by atoms with Gasteiger partial charge < -0.3 is 15.5 Å². The van der Waals surface area contributed by atoms with Crippen LogP contribution in [0.3, 0.4) is 0 Å². The number of nitrogens with zero attached hydrogens (tertiary/aromatic N) is 3. The van der Waals surface area contributed by atoms with Gasteiger partial charge in [-0.15, -0.1) is 0 Å². The Morgan fingerprint density at radius 2 is 2.19 bits per heavy atom. The number of anilines is 1. The first-order valence-electron chi connectivity index (χ1n) is 7.05. The molecular weight excluding hydrogens is 266 g/mol. The van der Waals surface area contributed by atoms with Gasteiger partial charge in [0.2, 0.25) is 0 Å². The molecule has 2 N–H and O–H groups in total. The molecule has 1 aliphatic heterocycles. The topological polar surface area (TPSA) is 62.2 Å². The van der Waals surface area contributed by atoms with Crippen LogP contribution >= 0.6 is 0 Å². The van der Waals surface area contributed by atoms with Crippen molar-refractivity contribution in [2.75, 3.05) is 18.4 Å². The minimum absolute atomic E-state index is 0.0106. The van der Waals surface area contributed by atoms with Gasteiger partial charge in [-0.3, -0.25) is 4.68 Å². The van der Waals surface area contributed by atoms with Crippen LogP contribution in [0.25, 0.3) is 0 Å². The third-order valence-electron chi connectivity index (χ3n) is 3.71. The molecule has 0 aliphatic carbocycles. The summed E-state index contributed by atoms with van der Waals surface area (Å²) >= 11 is 0. The van der Waals surface area contributed by atoms with E-state index in [0.717, 1.165) is 30.0 Å². The Morgan fingerprint density at radius 1 is 1.33 bits per heavy atom. The summed E-state index contributed by atoms with van der Waals surface area (Å²) in [4.78, 5) is 13.5. The number of benzene rings is 1. The number of urea groups is 1. The summed E-state index contributed by atoms with van der Waals surface area (Å²) in [6, 6.07) is 10.1. The number of rotatable bonds is 5. The maximum absolute atomic E-state index is 11.7. The van der Waals surface area contributed by atoms with E-state index in [1.807, 2.05) is 40.9 Å². The average molecular weight is 285 g/mol. The van der Waals surface area contributed by atoms with Crippen molar-refractivity contribution in [3.8, 4) is 0 Å². The summed E-state index contributed by atoms with van der Waals surface area (Å²) in [7, 11) is 1.93. The van der Waals surface area contributed by atoms with E-state index in [-0.39, 0.29) is 6.03 Å². The number of hydrogen-bond donors (Lipinski definition) is 2. The number of para-hydroxylation sites is 1. The average Bonchev–Trinajstić information content (AvgIpc) is 3.07. The van der Waals surface area contributed by atoms with Gasteiger partial charge in [0, 0.05) is 38.6 Å². The Kier molecular flexibility index (Phi) is 3.77. The monoisotopic (exact) mass is 285 g/mol. The number of nitrogens with one attached hydrogen (secondary N) is 2. The van der Waals surface area contributed by atoms with Crippen molar-refractivity contribution in [3.05, 3.63) is 47.8 Å². The van der Waals surface area contributed by atoms with Crippen LogP contribution in [0, 0.1) is 0 Å². The first-order valence-corrected chi connectivity index (χ1v) is 7.05. The second-order valence-electron chi connectivity index (χ2n) is 5.11. The van der Waals surface area contributed by atoms with E-state index in [0.29, 0.717) is 13.1 Å². The molecule has 2 heterocycles. The molecule has 1 saturated heterocycles. The number of aryl methyl sites for hydroxylation is 1. The predicted molar refractivity (Wildman–Crippen MR) is 80.8 cm³/mol. The van der Waals surface area contributed by atoms with Gasteiger partial charge in [-0.25, -0.2) is 4.79 Å². The summed E-state index contributed by atoms with van der Waals surface area (Å²) in [6.45, 7) is 2.82. The Labute approximate surface area is 123 Å². The quantitative estimate of drug-likeness (QED) is 0.876. The van der Waals surface area contributed by atoms with Crippen molar-refractivity contribution < 1.29 is 4.79 Å². The van der Waals surface area contributed by atoms with Crippen LogP contribution in [0.4, 0.5) is 10.5 Å². The minimum Gasteiger partial charge on any atom is -0.379 e. The number of amides is 2. The molecular formula is C15H19N5O. The van der Waals surface area contributed by atoms with E-state index in [2.05, 4.69) is 21.8 Å². The molecule has 1 aromatic heterocycles. The van der Waals surface area contributed by atoms with Crippen LogP contribution in [0.1, 0.15) is 11.3 Å². The molecule has 21 heavy (non-hydrogen) atoms. The van der Waals surface area contributed by atoms with E-state index in [1.165, 1.54) is 0 Å². The lowest BCUT2D eigenvalue weighted by atomic mass is 10.1. The second-order valence-corrected chi connectivity index (χ2v) is 5.11. The molecule has 0 radical (unpaired) electrons. The lowest BCUT2D eigenvalue weighted by Crippen LogP contribution is -2.27. The van der Waals surface area contributed by atoms with Crippen LogP contribution < -0.4 is 10.6 Å². The summed E-state index contributed by atoms with van der Waals surface area (Å²) in [5.41, 5.74) is 3.29. The van der Waals surface area contributed by atoms with Crippen molar-refractivity contribution in [1.82, 2.24) is 20.0 Å². The zero-order valence-corrected chi connectivity index (χ0v) is 12.0. The smallest absolute Gasteiger partial charge is 0.317 e. The molecule has 6 nitrogen and oxygen atoms in total. The van der Waals surface area contributed by atoms with Gasteiger partial charge in [-0.2, -0.15) is 5.10 Å². The van der Waals surface area contributed by atoms with Crippen LogP contribution in [-0.2, 0) is 20.1 Å². The number of carbonyl (C=O) groups excluding carboxylic acids is 1. The third kappa shape index (κ3) is 2.99. The highest BCUT2D eigenvalue weighted by Crippen LogP contribution is 2.19. The second kappa shape index (κ2) is 5.87. The minimum atomic E-state index is 0.0106. The van der Waals surface area contributed by atoms with Crippen LogP contribution in [0.2, 0.25) is 0 Å². The van der Waals surface area contributed by atoms with Crippen molar-refractivity contribution >= 4 is 11.7 Å². The molecule has 110 valence electrons. The molecule has 0 spiro atoms. The van der Waals surface area contributed by atoms with E-state index in [4.69, 9.17) is 0 Å². The molecule has 3 rings (SSSR count). The SMILES string of the molecule is Cn1nccc1CNc1ccccc1CN1CCNC1=O. The van der Waals surface area contributed by atoms with Gasteiger partial charge in [0.15, 0.2) is 0 Å². The van der Waals surface area contributed by atoms with Crippen LogP contribution in [0.5, 0.6) is 0 Å². The molecule has 2 aromatic rings. The number of aromatic nitrogens is 2. The van der Waals surface area contributed by atoms with Crippen molar-refractivity contribution in [3.63, 3.8) is 0 Å². The molecule has 6 heteroatoms. The lowest BCUT2D eigenvalue weighted by molar-refractivity contribution is 0.215. The largest absolute Gasteiger partial charge is 0.379 e. The highest BCUT2D eigenvalue weighted by Gasteiger charge is 2.20. The van der Waals surface area contributed by atoms with E-state index in [1.54, 1.807) is 6.20 Å². The Bertz CT molecular complexity index is 636. The number of hydrogen-bond acceptors (Lipinski definition) is 3. The van der Waals surface area contributed by atoms with Gasteiger partial charge in [-0.1, -0.05) is 18.2 Å². The molecule has 0 unspecified atom stereocenters. The zero-order valence-electron chi connectivity index (χ0n) is 12.0. The molecule has 1 aliphatic rings. The van der Waals surface area contributed by atoms with Crippen molar-refractivity contribution in [2.24, 2.45) is 7.05 Å². The fourth-order valence-electron chi connectivity index (χ4n) is 2.46. The first-order chi connectivity index (χ1) is 10.2. The standard InChI is InChI=1S/C15H19N5O/c1-19-13(6-7-18-19)10-17-14-5-3-2-4-12(14)11-20-9-8-16-15(20)21/h2-7,17H,8-11H2,1H3,(H,16,21). The molecule has 0 bridgehead atoms. The van der Waals surface area contributed by atoms with Crippen molar-refractivity contribution in [2.45, 2.75) is 13.1 Å². The normalized spacial score (nSPS) is 14.3. The maximum atomic E-state index is 11.7. The van der Waals surface area contributed by atoms with Gasteiger partial charge >= 0.3 is 6.03 Å². The Morgan fingerprint density at radius 3 is 2.90 bits per heavy atom. The lowest BCUT2D eigenvalue weighted by Gasteiger charge is -2.18. The zero-order chi connectivity index (χ0) is 14.7. The molecule has 2 amide bonds. The van der Waals surface area contributed by atoms with Gasteiger partial charge in [-0.05, 0) is 17.7 Å². The van der Waals surface area contributed by atoms with Crippen molar-refractivity contribution in [1.29, 1.82) is 0 Å². The van der Waals surface area contributed by atoms with E-state index in [9.17, 15) is 4.79 Å².